The van der Waals surface area contributed by atoms with Gasteiger partial charge in [0, 0.05) is 12.4 Å². The van der Waals surface area contributed by atoms with E-state index in [1.807, 2.05) is 6.92 Å². The summed E-state index contributed by atoms with van der Waals surface area (Å²) in [4.78, 5) is 31.8. The SMILES string of the molecule is CC(OC(=O)C1(C)CCCC1)C(=O)Nc1ncccn1. The maximum Gasteiger partial charge on any atom is 0.312 e. The highest BCUT2D eigenvalue weighted by Crippen LogP contribution is 2.38. The number of rotatable bonds is 4. The highest BCUT2D eigenvalue weighted by molar-refractivity contribution is 5.94. The summed E-state index contributed by atoms with van der Waals surface area (Å²) in [5.74, 6) is -0.523. The molecule has 1 atom stereocenters. The second-order valence-electron chi connectivity index (χ2n) is 5.38. The summed E-state index contributed by atoms with van der Waals surface area (Å²) < 4.78 is 5.26. The first-order valence-corrected chi connectivity index (χ1v) is 6.80. The minimum atomic E-state index is -0.858. The van der Waals surface area contributed by atoms with Crippen molar-refractivity contribution in [2.75, 3.05) is 5.32 Å². The number of hydrogen-bond acceptors (Lipinski definition) is 5. The Morgan fingerprint density at radius 2 is 1.90 bits per heavy atom. The van der Waals surface area contributed by atoms with Crippen LogP contribution in [0.3, 0.4) is 0 Å². The molecule has 1 aromatic heterocycles. The van der Waals surface area contributed by atoms with E-state index in [9.17, 15) is 9.59 Å². The second kappa shape index (κ2) is 5.98. The second-order valence-corrected chi connectivity index (χ2v) is 5.38. The van der Waals surface area contributed by atoms with Crippen molar-refractivity contribution < 1.29 is 14.3 Å². The third-order valence-electron chi connectivity index (χ3n) is 3.65. The lowest BCUT2D eigenvalue weighted by molar-refractivity contribution is -0.162. The third-order valence-corrected chi connectivity index (χ3v) is 3.65. The minimum absolute atomic E-state index is 0.201. The average molecular weight is 277 g/mol. The van der Waals surface area contributed by atoms with Gasteiger partial charge in [-0.15, -0.1) is 0 Å². The van der Waals surface area contributed by atoms with Crippen LogP contribution in [0.5, 0.6) is 0 Å². The molecule has 0 saturated heterocycles. The molecule has 6 heteroatoms. The van der Waals surface area contributed by atoms with E-state index in [1.165, 1.54) is 12.4 Å². The van der Waals surface area contributed by atoms with Crippen LogP contribution in [-0.4, -0.2) is 27.9 Å². The average Bonchev–Trinajstić information content (AvgIpc) is 2.88. The van der Waals surface area contributed by atoms with Gasteiger partial charge in [-0.2, -0.15) is 0 Å². The van der Waals surface area contributed by atoms with Gasteiger partial charge in [0.05, 0.1) is 5.41 Å². The van der Waals surface area contributed by atoms with Crippen LogP contribution in [-0.2, 0) is 14.3 Å². The summed E-state index contributed by atoms with van der Waals surface area (Å²) in [6, 6.07) is 1.65. The van der Waals surface area contributed by atoms with Crippen LogP contribution in [0.1, 0.15) is 39.5 Å². The predicted molar refractivity (Wildman–Crippen MR) is 72.8 cm³/mol. The molecule has 0 aromatic carbocycles. The molecule has 6 nitrogen and oxygen atoms in total. The molecular formula is C14H19N3O3. The van der Waals surface area contributed by atoms with Crippen molar-refractivity contribution in [2.45, 2.75) is 45.6 Å². The van der Waals surface area contributed by atoms with Crippen molar-refractivity contribution in [1.82, 2.24) is 9.97 Å². The van der Waals surface area contributed by atoms with Crippen molar-refractivity contribution in [1.29, 1.82) is 0 Å². The molecule has 108 valence electrons. The molecule has 2 rings (SSSR count). The number of nitrogens with zero attached hydrogens (tertiary/aromatic N) is 2. The van der Waals surface area contributed by atoms with Crippen LogP contribution < -0.4 is 5.32 Å². The number of anilines is 1. The number of esters is 1. The smallest absolute Gasteiger partial charge is 0.312 e. The zero-order chi connectivity index (χ0) is 14.6. The van der Waals surface area contributed by atoms with Gasteiger partial charge in [-0.3, -0.25) is 14.9 Å². The van der Waals surface area contributed by atoms with Gasteiger partial charge in [-0.1, -0.05) is 12.8 Å². The number of carbonyl (C=O) groups excluding carboxylic acids is 2. The number of ether oxygens (including phenoxy) is 1. The Kier molecular flexibility index (Phi) is 4.32. The Hall–Kier alpha value is -1.98. The van der Waals surface area contributed by atoms with Crippen LogP contribution >= 0.6 is 0 Å². The van der Waals surface area contributed by atoms with Gasteiger partial charge in [-0.25, -0.2) is 9.97 Å². The van der Waals surface area contributed by atoms with Crippen LogP contribution in [0.4, 0.5) is 5.95 Å². The van der Waals surface area contributed by atoms with Gasteiger partial charge in [0.15, 0.2) is 6.10 Å². The fourth-order valence-corrected chi connectivity index (χ4v) is 2.29. The van der Waals surface area contributed by atoms with E-state index in [0.29, 0.717) is 0 Å². The molecular weight excluding hydrogens is 258 g/mol. The van der Waals surface area contributed by atoms with Crippen molar-refractivity contribution >= 4 is 17.8 Å². The van der Waals surface area contributed by atoms with Crippen LogP contribution in [0.2, 0.25) is 0 Å². The molecule has 20 heavy (non-hydrogen) atoms. The Morgan fingerprint density at radius 3 is 2.50 bits per heavy atom. The van der Waals surface area contributed by atoms with E-state index in [2.05, 4.69) is 15.3 Å². The monoisotopic (exact) mass is 277 g/mol. The number of amides is 1. The molecule has 0 radical (unpaired) electrons. The maximum atomic E-state index is 12.1. The van der Waals surface area contributed by atoms with Gasteiger partial charge < -0.3 is 4.74 Å². The van der Waals surface area contributed by atoms with Crippen LogP contribution in [0, 0.1) is 5.41 Å². The lowest BCUT2D eigenvalue weighted by Crippen LogP contribution is -2.35. The Morgan fingerprint density at radius 1 is 1.30 bits per heavy atom. The summed E-state index contributed by atoms with van der Waals surface area (Å²) in [7, 11) is 0. The molecule has 0 bridgehead atoms. The van der Waals surface area contributed by atoms with E-state index < -0.39 is 17.4 Å². The number of aromatic nitrogens is 2. The topological polar surface area (TPSA) is 81.2 Å². The third kappa shape index (κ3) is 3.31. The maximum absolute atomic E-state index is 12.1. The summed E-state index contributed by atoms with van der Waals surface area (Å²) in [5, 5.41) is 2.51. The first-order valence-electron chi connectivity index (χ1n) is 6.80. The van der Waals surface area contributed by atoms with E-state index >= 15 is 0 Å². The van der Waals surface area contributed by atoms with E-state index in [4.69, 9.17) is 4.74 Å². The molecule has 1 aliphatic carbocycles. The molecule has 1 fully saturated rings. The summed E-state index contributed by atoms with van der Waals surface area (Å²) in [5.41, 5.74) is -0.447. The quantitative estimate of drug-likeness (QED) is 0.850. The van der Waals surface area contributed by atoms with Gasteiger partial charge in [0.1, 0.15) is 0 Å². The van der Waals surface area contributed by atoms with Crippen molar-refractivity contribution in [3.63, 3.8) is 0 Å². The molecule has 1 aromatic rings. The normalized spacial score (nSPS) is 18.3. The van der Waals surface area contributed by atoms with Crippen molar-refractivity contribution in [2.24, 2.45) is 5.41 Å². The van der Waals surface area contributed by atoms with Gasteiger partial charge in [0.2, 0.25) is 5.95 Å². The van der Waals surface area contributed by atoms with Gasteiger partial charge >= 0.3 is 5.97 Å². The lowest BCUT2D eigenvalue weighted by atomic mass is 9.89. The zero-order valence-electron chi connectivity index (χ0n) is 11.8. The van der Waals surface area contributed by atoms with E-state index in [-0.39, 0.29) is 11.9 Å². The van der Waals surface area contributed by atoms with Crippen LogP contribution in [0.15, 0.2) is 18.5 Å². The summed E-state index contributed by atoms with van der Waals surface area (Å²) >= 11 is 0. The Balaban J connectivity index is 1.89. The highest BCUT2D eigenvalue weighted by Gasteiger charge is 2.39. The van der Waals surface area contributed by atoms with Crippen LogP contribution in [0.25, 0.3) is 0 Å². The van der Waals surface area contributed by atoms with Gasteiger partial charge in [-0.05, 0) is 32.8 Å². The predicted octanol–water partition coefficient (Wildman–Crippen LogP) is 1.93. The lowest BCUT2D eigenvalue weighted by Gasteiger charge is -2.23. The van der Waals surface area contributed by atoms with E-state index in [1.54, 1.807) is 13.0 Å². The molecule has 0 aliphatic heterocycles. The number of hydrogen-bond donors (Lipinski definition) is 1. The Bertz CT molecular complexity index is 484. The molecule has 1 saturated carbocycles. The summed E-state index contributed by atoms with van der Waals surface area (Å²) in [6.07, 6.45) is 5.90. The first kappa shape index (κ1) is 14.4. The number of carbonyl (C=O) groups is 2. The summed E-state index contributed by atoms with van der Waals surface area (Å²) in [6.45, 7) is 3.45. The fourth-order valence-electron chi connectivity index (χ4n) is 2.29. The first-order chi connectivity index (χ1) is 9.51. The fraction of sp³-hybridized carbons (Fsp3) is 0.571. The highest BCUT2D eigenvalue weighted by atomic mass is 16.5. The Labute approximate surface area is 118 Å². The van der Waals surface area contributed by atoms with Crippen molar-refractivity contribution in [3.8, 4) is 0 Å². The standard InChI is InChI=1S/C14H19N3O3/c1-10(11(18)17-13-15-8-5-9-16-13)20-12(19)14(2)6-3-4-7-14/h5,8-10H,3-4,6-7H2,1-2H3,(H,15,16,17,18). The molecule has 0 spiro atoms. The number of nitrogens with one attached hydrogen (secondary N) is 1. The molecule has 1 unspecified atom stereocenters. The molecule has 1 amide bonds. The molecule has 1 aliphatic rings. The van der Waals surface area contributed by atoms with Gasteiger partial charge in [0.25, 0.3) is 5.91 Å². The van der Waals surface area contributed by atoms with Crippen molar-refractivity contribution in [3.05, 3.63) is 18.5 Å². The molecule has 1 heterocycles. The zero-order valence-corrected chi connectivity index (χ0v) is 11.8. The minimum Gasteiger partial charge on any atom is -0.452 e. The largest absolute Gasteiger partial charge is 0.452 e. The molecule has 1 N–H and O–H groups in total. The van der Waals surface area contributed by atoms with E-state index in [0.717, 1.165) is 25.7 Å².